The van der Waals surface area contributed by atoms with Gasteiger partial charge in [0.2, 0.25) is 5.91 Å². The number of imidazole rings is 1. The first-order valence-corrected chi connectivity index (χ1v) is 8.66. The Hall–Kier alpha value is -1.46. The summed E-state index contributed by atoms with van der Waals surface area (Å²) in [5.41, 5.74) is 2.01. The molecule has 2 heterocycles. The van der Waals surface area contributed by atoms with Gasteiger partial charge in [-0.15, -0.1) is 0 Å². The summed E-state index contributed by atoms with van der Waals surface area (Å²) in [7, 11) is 0. The number of benzene rings is 1. The van der Waals surface area contributed by atoms with Gasteiger partial charge in [0, 0.05) is 24.0 Å². The zero-order valence-corrected chi connectivity index (χ0v) is 14.0. The Morgan fingerprint density at radius 2 is 2.27 bits per heavy atom. The predicted molar refractivity (Wildman–Crippen MR) is 89.8 cm³/mol. The maximum atomic E-state index is 12.1. The van der Waals surface area contributed by atoms with E-state index < -0.39 is 0 Å². The van der Waals surface area contributed by atoms with Crippen molar-refractivity contribution in [1.82, 2.24) is 14.9 Å². The molecule has 0 aliphatic carbocycles. The molecule has 1 unspecified atom stereocenters. The van der Waals surface area contributed by atoms with Crippen LogP contribution in [0.15, 0.2) is 35.7 Å². The van der Waals surface area contributed by atoms with Gasteiger partial charge >= 0.3 is 0 Å². The number of carbonyl (C=O) groups excluding carboxylic acids is 1. The lowest BCUT2D eigenvalue weighted by molar-refractivity contribution is -0.120. The first-order valence-electron chi connectivity index (χ1n) is 7.40. The van der Waals surface area contributed by atoms with Crippen molar-refractivity contribution >= 4 is 29.3 Å². The summed E-state index contributed by atoms with van der Waals surface area (Å²) in [6.45, 7) is 2.77. The first-order chi connectivity index (χ1) is 10.7. The van der Waals surface area contributed by atoms with Crippen molar-refractivity contribution in [2.75, 3.05) is 6.54 Å². The van der Waals surface area contributed by atoms with E-state index in [9.17, 15) is 4.79 Å². The van der Waals surface area contributed by atoms with E-state index in [0.717, 1.165) is 47.2 Å². The van der Waals surface area contributed by atoms with E-state index in [-0.39, 0.29) is 11.2 Å². The molecule has 1 aliphatic rings. The molecule has 2 aromatic rings. The fraction of sp³-hybridized carbons (Fsp3) is 0.375. The number of aromatic nitrogens is 2. The molecule has 1 amide bonds. The third-order valence-corrected chi connectivity index (χ3v) is 5.49. The van der Waals surface area contributed by atoms with Crippen LogP contribution in [0.5, 0.6) is 0 Å². The van der Waals surface area contributed by atoms with E-state index in [1.165, 1.54) is 11.8 Å². The summed E-state index contributed by atoms with van der Waals surface area (Å²) < 4.78 is 2.00. The van der Waals surface area contributed by atoms with E-state index in [2.05, 4.69) is 10.3 Å². The second kappa shape index (κ2) is 6.75. The number of hydrogen-bond acceptors (Lipinski definition) is 3. The molecule has 1 N–H and O–H groups in total. The van der Waals surface area contributed by atoms with Crippen LogP contribution >= 0.6 is 23.4 Å². The summed E-state index contributed by atoms with van der Waals surface area (Å²) in [4.78, 5) is 16.5. The van der Waals surface area contributed by atoms with Crippen molar-refractivity contribution in [2.24, 2.45) is 0 Å². The topological polar surface area (TPSA) is 46.9 Å². The first kappa shape index (κ1) is 15.4. The number of nitrogens with one attached hydrogen (secondary N) is 1. The van der Waals surface area contributed by atoms with Gasteiger partial charge in [-0.3, -0.25) is 9.36 Å². The van der Waals surface area contributed by atoms with Crippen LogP contribution in [0.4, 0.5) is 0 Å². The van der Waals surface area contributed by atoms with Gasteiger partial charge in [0.05, 0.1) is 10.9 Å². The molecule has 6 heteroatoms. The SMILES string of the molecule is Cc1c(Cl)cccc1-n1ccnc1SC1CCCCNC1=O. The predicted octanol–water partition coefficient (Wildman–Crippen LogP) is 3.59. The van der Waals surface area contributed by atoms with Crippen molar-refractivity contribution in [3.63, 3.8) is 0 Å². The Morgan fingerprint density at radius 3 is 3.14 bits per heavy atom. The molecule has 1 saturated heterocycles. The molecule has 3 rings (SSSR count). The van der Waals surface area contributed by atoms with Crippen LogP contribution < -0.4 is 5.32 Å². The van der Waals surface area contributed by atoms with Gasteiger partial charge in [-0.25, -0.2) is 4.98 Å². The van der Waals surface area contributed by atoms with Gasteiger partial charge in [-0.2, -0.15) is 0 Å². The molecule has 1 aromatic carbocycles. The van der Waals surface area contributed by atoms with Crippen LogP contribution in [0.3, 0.4) is 0 Å². The number of nitrogens with zero attached hydrogens (tertiary/aromatic N) is 2. The lowest BCUT2D eigenvalue weighted by Gasteiger charge is -2.15. The summed E-state index contributed by atoms with van der Waals surface area (Å²) in [5.74, 6) is 0.111. The molecular formula is C16H18ClN3OS. The molecular weight excluding hydrogens is 318 g/mol. The van der Waals surface area contributed by atoms with E-state index in [4.69, 9.17) is 11.6 Å². The third kappa shape index (κ3) is 3.15. The molecule has 0 bridgehead atoms. The van der Waals surface area contributed by atoms with Crippen LogP contribution in [0, 0.1) is 6.92 Å². The number of hydrogen-bond donors (Lipinski definition) is 1. The van der Waals surface area contributed by atoms with E-state index >= 15 is 0 Å². The Labute approximate surface area is 139 Å². The smallest absolute Gasteiger partial charge is 0.233 e. The average molecular weight is 336 g/mol. The van der Waals surface area contributed by atoms with Gasteiger partial charge in [0.1, 0.15) is 0 Å². The van der Waals surface area contributed by atoms with Gasteiger partial charge in [0.15, 0.2) is 5.16 Å². The van der Waals surface area contributed by atoms with Crippen molar-refractivity contribution in [3.8, 4) is 5.69 Å². The minimum atomic E-state index is -0.0804. The monoisotopic (exact) mass is 335 g/mol. The third-order valence-electron chi connectivity index (χ3n) is 3.84. The van der Waals surface area contributed by atoms with Crippen molar-refractivity contribution < 1.29 is 4.79 Å². The van der Waals surface area contributed by atoms with Gasteiger partial charge < -0.3 is 5.32 Å². The fourth-order valence-corrected chi connectivity index (χ4v) is 3.86. The maximum absolute atomic E-state index is 12.1. The Morgan fingerprint density at radius 1 is 1.41 bits per heavy atom. The highest BCUT2D eigenvalue weighted by Gasteiger charge is 2.24. The number of halogens is 1. The van der Waals surface area contributed by atoms with Gasteiger partial charge in [-0.05, 0) is 37.5 Å². The maximum Gasteiger partial charge on any atom is 0.233 e. The van der Waals surface area contributed by atoms with Gasteiger partial charge in [-0.1, -0.05) is 35.9 Å². The van der Waals surface area contributed by atoms with Crippen LogP contribution in [0.25, 0.3) is 5.69 Å². The molecule has 0 radical (unpaired) electrons. The second-order valence-electron chi connectivity index (χ2n) is 5.36. The summed E-state index contributed by atoms with van der Waals surface area (Å²) in [6.07, 6.45) is 6.67. The highest BCUT2D eigenvalue weighted by Crippen LogP contribution is 2.31. The van der Waals surface area contributed by atoms with E-state index in [0.29, 0.717) is 0 Å². The molecule has 116 valence electrons. The molecule has 1 atom stereocenters. The number of rotatable bonds is 3. The minimum absolute atomic E-state index is 0.0804. The molecule has 1 aromatic heterocycles. The summed E-state index contributed by atoms with van der Waals surface area (Å²) in [6, 6.07) is 5.82. The van der Waals surface area contributed by atoms with Crippen molar-refractivity contribution in [3.05, 3.63) is 41.2 Å². The molecule has 22 heavy (non-hydrogen) atoms. The van der Waals surface area contributed by atoms with Gasteiger partial charge in [0.25, 0.3) is 0 Å². The summed E-state index contributed by atoms with van der Waals surface area (Å²) >= 11 is 7.74. The normalized spacial score (nSPS) is 18.8. The second-order valence-corrected chi connectivity index (χ2v) is 6.93. The van der Waals surface area contributed by atoms with Crippen LogP contribution in [-0.4, -0.2) is 27.3 Å². The Kier molecular flexibility index (Phi) is 4.74. The number of amides is 1. The lowest BCUT2D eigenvalue weighted by Crippen LogP contribution is -2.30. The Bertz CT molecular complexity index is 686. The Balaban J connectivity index is 1.89. The van der Waals surface area contributed by atoms with Crippen LogP contribution in [-0.2, 0) is 4.79 Å². The van der Waals surface area contributed by atoms with Crippen LogP contribution in [0.1, 0.15) is 24.8 Å². The average Bonchev–Trinajstić information content (AvgIpc) is 2.86. The molecule has 1 aliphatic heterocycles. The number of carbonyl (C=O) groups is 1. The van der Waals surface area contributed by atoms with E-state index in [1.807, 2.05) is 35.9 Å². The highest BCUT2D eigenvalue weighted by molar-refractivity contribution is 8.00. The fourth-order valence-electron chi connectivity index (χ4n) is 2.57. The summed E-state index contributed by atoms with van der Waals surface area (Å²) in [5, 5.41) is 4.45. The van der Waals surface area contributed by atoms with Crippen LogP contribution in [0.2, 0.25) is 5.02 Å². The zero-order chi connectivity index (χ0) is 15.5. The molecule has 0 saturated carbocycles. The standard InChI is InChI=1S/C16H18ClN3OS/c1-11-12(17)5-4-6-13(11)20-10-9-19-16(20)22-14-7-2-3-8-18-15(14)21/h4-6,9-10,14H,2-3,7-8H2,1H3,(H,18,21). The van der Waals surface area contributed by atoms with E-state index in [1.54, 1.807) is 6.20 Å². The molecule has 0 spiro atoms. The lowest BCUT2D eigenvalue weighted by atomic mass is 10.2. The van der Waals surface area contributed by atoms with Crippen molar-refractivity contribution in [1.29, 1.82) is 0 Å². The van der Waals surface area contributed by atoms with Crippen molar-refractivity contribution in [2.45, 2.75) is 36.6 Å². The number of thioether (sulfide) groups is 1. The zero-order valence-electron chi connectivity index (χ0n) is 12.4. The largest absolute Gasteiger partial charge is 0.355 e. The minimum Gasteiger partial charge on any atom is -0.355 e. The molecule has 4 nitrogen and oxygen atoms in total. The molecule has 1 fully saturated rings. The quantitative estimate of drug-likeness (QED) is 0.932. The highest BCUT2D eigenvalue weighted by atomic mass is 35.5.